The highest BCUT2D eigenvalue weighted by atomic mass is 79.9. The summed E-state index contributed by atoms with van der Waals surface area (Å²) in [5.74, 6) is 0.623. The van der Waals surface area contributed by atoms with Gasteiger partial charge in [0, 0.05) is 6.20 Å². The second-order valence-electron chi connectivity index (χ2n) is 2.78. The fourth-order valence-electron chi connectivity index (χ4n) is 1.20. The van der Waals surface area contributed by atoms with Crippen LogP contribution >= 0.6 is 27.5 Å². The maximum absolute atomic E-state index is 5.87. The number of imidazole rings is 1. The SMILES string of the molecule is Cc1nc2c(Br)cc(Cl)cn2c1N. The van der Waals surface area contributed by atoms with Gasteiger partial charge in [0.25, 0.3) is 0 Å². The first-order valence-electron chi connectivity index (χ1n) is 3.69. The van der Waals surface area contributed by atoms with Crippen LogP contribution in [0.1, 0.15) is 5.69 Å². The molecule has 3 nitrogen and oxygen atoms in total. The van der Waals surface area contributed by atoms with E-state index < -0.39 is 0 Å². The van der Waals surface area contributed by atoms with Gasteiger partial charge in [-0.2, -0.15) is 0 Å². The minimum Gasteiger partial charge on any atom is -0.383 e. The molecule has 0 radical (unpaired) electrons. The average molecular weight is 261 g/mol. The number of halogens is 2. The maximum atomic E-state index is 5.87. The molecule has 0 aliphatic heterocycles. The molecule has 0 atom stereocenters. The number of anilines is 1. The van der Waals surface area contributed by atoms with Crippen molar-refractivity contribution >= 4 is 39.0 Å². The summed E-state index contributed by atoms with van der Waals surface area (Å²) in [5, 5.41) is 0.628. The van der Waals surface area contributed by atoms with Gasteiger partial charge in [0.15, 0.2) is 5.65 Å². The number of nitrogens with two attached hydrogens (primary N) is 1. The summed E-state index contributed by atoms with van der Waals surface area (Å²) >= 11 is 9.24. The van der Waals surface area contributed by atoms with E-state index in [1.165, 1.54) is 0 Å². The third-order valence-corrected chi connectivity index (χ3v) is 2.65. The Labute approximate surface area is 88.6 Å². The molecule has 2 rings (SSSR count). The first-order chi connectivity index (χ1) is 6.09. The lowest BCUT2D eigenvalue weighted by Gasteiger charge is -1.98. The first-order valence-corrected chi connectivity index (χ1v) is 4.86. The van der Waals surface area contributed by atoms with E-state index in [4.69, 9.17) is 17.3 Å². The summed E-state index contributed by atoms with van der Waals surface area (Å²) in [5.41, 5.74) is 7.40. The number of nitrogen functional groups attached to an aromatic ring is 1. The highest BCUT2D eigenvalue weighted by molar-refractivity contribution is 9.10. The van der Waals surface area contributed by atoms with Crippen molar-refractivity contribution < 1.29 is 0 Å². The van der Waals surface area contributed by atoms with Gasteiger partial charge in [0.2, 0.25) is 0 Å². The minimum absolute atomic E-state index is 0.623. The molecule has 2 aromatic rings. The first kappa shape index (κ1) is 8.84. The van der Waals surface area contributed by atoms with Crippen LogP contribution in [0.4, 0.5) is 5.82 Å². The third kappa shape index (κ3) is 1.30. The Bertz CT molecular complexity index is 478. The summed E-state index contributed by atoms with van der Waals surface area (Å²) in [7, 11) is 0. The van der Waals surface area contributed by atoms with E-state index >= 15 is 0 Å². The molecule has 0 fully saturated rings. The summed E-state index contributed by atoms with van der Waals surface area (Å²) in [4.78, 5) is 4.29. The molecule has 2 heterocycles. The zero-order chi connectivity index (χ0) is 9.59. The smallest absolute Gasteiger partial charge is 0.153 e. The number of aryl methyl sites for hydroxylation is 1. The van der Waals surface area contributed by atoms with E-state index in [-0.39, 0.29) is 0 Å². The van der Waals surface area contributed by atoms with Crippen molar-refractivity contribution in [2.24, 2.45) is 0 Å². The van der Waals surface area contributed by atoms with E-state index in [2.05, 4.69) is 20.9 Å². The minimum atomic E-state index is 0.623. The van der Waals surface area contributed by atoms with Crippen molar-refractivity contribution in [2.45, 2.75) is 6.92 Å². The van der Waals surface area contributed by atoms with Crippen molar-refractivity contribution in [3.63, 3.8) is 0 Å². The lowest BCUT2D eigenvalue weighted by molar-refractivity contribution is 1.19. The number of pyridine rings is 1. The Hall–Kier alpha value is -0.740. The fourth-order valence-corrected chi connectivity index (χ4v) is 2.07. The van der Waals surface area contributed by atoms with Gasteiger partial charge in [-0.1, -0.05) is 11.6 Å². The number of fused-ring (bicyclic) bond motifs is 1. The summed E-state index contributed by atoms with van der Waals surface area (Å²) in [6.07, 6.45) is 1.75. The van der Waals surface area contributed by atoms with Gasteiger partial charge in [-0.15, -0.1) is 0 Å². The highest BCUT2D eigenvalue weighted by Crippen LogP contribution is 2.25. The molecule has 5 heteroatoms. The Morgan fingerprint density at radius 2 is 2.31 bits per heavy atom. The van der Waals surface area contributed by atoms with Gasteiger partial charge < -0.3 is 5.73 Å². The Morgan fingerprint density at radius 3 is 3.00 bits per heavy atom. The zero-order valence-corrected chi connectivity index (χ0v) is 9.22. The lowest BCUT2D eigenvalue weighted by atomic mass is 10.5. The molecule has 68 valence electrons. The predicted octanol–water partition coefficient (Wildman–Crippen LogP) is 2.64. The van der Waals surface area contributed by atoms with E-state index in [0.29, 0.717) is 10.8 Å². The summed E-state index contributed by atoms with van der Waals surface area (Å²) in [6.45, 7) is 1.86. The average Bonchev–Trinajstić information content (AvgIpc) is 2.32. The van der Waals surface area contributed by atoms with Crippen LogP contribution < -0.4 is 5.73 Å². The van der Waals surface area contributed by atoms with Crippen LogP contribution in [0.3, 0.4) is 0 Å². The van der Waals surface area contributed by atoms with Crippen LogP contribution in [-0.2, 0) is 0 Å². The van der Waals surface area contributed by atoms with Gasteiger partial charge in [-0.05, 0) is 28.9 Å². The van der Waals surface area contributed by atoms with Crippen molar-refractivity contribution in [3.8, 4) is 0 Å². The third-order valence-electron chi connectivity index (χ3n) is 1.86. The lowest BCUT2D eigenvalue weighted by Crippen LogP contribution is -1.93. The van der Waals surface area contributed by atoms with Crippen LogP contribution in [0.2, 0.25) is 5.02 Å². The molecule has 0 aliphatic carbocycles. The Balaban J connectivity index is 2.94. The van der Waals surface area contributed by atoms with E-state index in [1.54, 1.807) is 16.7 Å². The van der Waals surface area contributed by atoms with Gasteiger partial charge in [-0.3, -0.25) is 4.40 Å². The molecule has 13 heavy (non-hydrogen) atoms. The largest absolute Gasteiger partial charge is 0.383 e. The molecule has 0 bridgehead atoms. The number of nitrogens with zero attached hydrogens (tertiary/aromatic N) is 2. The summed E-state index contributed by atoms with van der Waals surface area (Å²) in [6, 6.07) is 1.79. The molecular weight excluding hydrogens is 253 g/mol. The number of hydrogen-bond donors (Lipinski definition) is 1. The summed E-state index contributed by atoms with van der Waals surface area (Å²) < 4.78 is 2.61. The van der Waals surface area contributed by atoms with Crippen molar-refractivity contribution in [1.82, 2.24) is 9.38 Å². The quantitative estimate of drug-likeness (QED) is 0.791. The van der Waals surface area contributed by atoms with Crippen LogP contribution in [0.15, 0.2) is 16.7 Å². The van der Waals surface area contributed by atoms with E-state index in [0.717, 1.165) is 15.8 Å². The van der Waals surface area contributed by atoms with Crippen LogP contribution in [0.5, 0.6) is 0 Å². The Morgan fingerprint density at radius 1 is 1.62 bits per heavy atom. The standard InChI is InChI=1S/C8H7BrClN3/c1-4-7(11)13-3-5(10)2-6(9)8(13)12-4/h2-3H,11H2,1H3. The van der Waals surface area contributed by atoms with Gasteiger partial charge in [0.05, 0.1) is 15.2 Å². The highest BCUT2D eigenvalue weighted by Gasteiger charge is 2.08. The molecule has 2 N–H and O–H groups in total. The van der Waals surface area contributed by atoms with Gasteiger partial charge in [-0.25, -0.2) is 4.98 Å². The fraction of sp³-hybridized carbons (Fsp3) is 0.125. The normalized spacial score (nSPS) is 11.0. The van der Waals surface area contributed by atoms with Crippen molar-refractivity contribution in [3.05, 3.63) is 27.5 Å². The second-order valence-corrected chi connectivity index (χ2v) is 4.07. The number of aromatic nitrogens is 2. The molecule has 0 saturated carbocycles. The molecule has 0 amide bonds. The predicted molar refractivity (Wildman–Crippen MR) is 57.1 cm³/mol. The monoisotopic (exact) mass is 259 g/mol. The van der Waals surface area contributed by atoms with Crippen molar-refractivity contribution in [2.75, 3.05) is 5.73 Å². The second kappa shape index (κ2) is 2.89. The topological polar surface area (TPSA) is 43.3 Å². The van der Waals surface area contributed by atoms with E-state index in [9.17, 15) is 0 Å². The maximum Gasteiger partial charge on any atom is 0.153 e. The molecule has 0 aliphatic rings. The molecule has 0 aromatic carbocycles. The van der Waals surface area contributed by atoms with Gasteiger partial charge >= 0.3 is 0 Å². The van der Waals surface area contributed by atoms with Crippen LogP contribution in [-0.4, -0.2) is 9.38 Å². The molecule has 0 saturated heterocycles. The molecular formula is C8H7BrClN3. The van der Waals surface area contributed by atoms with Crippen LogP contribution in [0.25, 0.3) is 5.65 Å². The Kier molecular flexibility index (Phi) is 1.96. The van der Waals surface area contributed by atoms with E-state index in [1.807, 2.05) is 6.92 Å². The zero-order valence-electron chi connectivity index (χ0n) is 6.88. The molecule has 2 aromatic heterocycles. The van der Waals surface area contributed by atoms with Gasteiger partial charge in [0.1, 0.15) is 5.82 Å². The number of rotatable bonds is 0. The molecule has 0 spiro atoms. The van der Waals surface area contributed by atoms with Crippen LogP contribution in [0, 0.1) is 6.92 Å². The molecule has 0 unspecified atom stereocenters. The number of hydrogen-bond acceptors (Lipinski definition) is 2. The van der Waals surface area contributed by atoms with Crippen molar-refractivity contribution in [1.29, 1.82) is 0 Å².